The predicted molar refractivity (Wildman–Crippen MR) is 108 cm³/mol. The van der Waals surface area contributed by atoms with Crippen LogP contribution in [0.2, 0.25) is 0 Å². The highest BCUT2D eigenvalue weighted by Crippen LogP contribution is 2.27. The molecule has 0 spiro atoms. The number of amides is 2. The number of urea groups is 1. The van der Waals surface area contributed by atoms with E-state index in [4.69, 9.17) is 4.74 Å². The van der Waals surface area contributed by atoms with Gasteiger partial charge in [0.25, 0.3) is 0 Å². The smallest absolute Gasteiger partial charge is 0.317 e. The van der Waals surface area contributed by atoms with Gasteiger partial charge in [0.2, 0.25) is 10.0 Å². The summed E-state index contributed by atoms with van der Waals surface area (Å²) in [4.78, 5) is 13.9. The molecular formula is C20H23F2N3O4S. The van der Waals surface area contributed by atoms with E-state index >= 15 is 0 Å². The van der Waals surface area contributed by atoms with Gasteiger partial charge in [0.1, 0.15) is 0 Å². The topological polar surface area (TPSA) is 79.0 Å². The van der Waals surface area contributed by atoms with Gasteiger partial charge in [-0.2, -0.15) is 0 Å². The van der Waals surface area contributed by atoms with Crippen LogP contribution in [-0.2, 0) is 16.6 Å². The highest BCUT2D eigenvalue weighted by atomic mass is 32.2. The molecule has 1 fully saturated rings. The summed E-state index contributed by atoms with van der Waals surface area (Å²) in [6.07, 6.45) is 1.69. The van der Waals surface area contributed by atoms with Crippen molar-refractivity contribution in [2.45, 2.75) is 13.0 Å². The summed E-state index contributed by atoms with van der Waals surface area (Å²) in [5, 5.41) is 2.71. The molecule has 1 aliphatic rings. The molecule has 2 amide bonds. The Labute approximate surface area is 174 Å². The molecule has 1 heterocycles. The van der Waals surface area contributed by atoms with Gasteiger partial charge in [0.15, 0.2) is 23.1 Å². The van der Waals surface area contributed by atoms with Crippen LogP contribution >= 0.6 is 0 Å². The Bertz CT molecular complexity index is 1020. The van der Waals surface area contributed by atoms with Gasteiger partial charge < -0.3 is 15.0 Å². The van der Waals surface area contributed by atoms with E-state index < -0.39 is 21.7 Å². The lowest BCUT2D eigenvalue weighted by molar-refractivity contribution is 0.200. The third-order valence-corrected chi connectivity index (χ3v) is 6.01. The molecule has 30 heavy (non-hydrogen) atoms. The summed E-state index contributed by atoms with van der Waals surface area (Å²) in [5.74, 6) is -1.48. The average molecular weight is 439 g/mol. The molecule has 0 bridgehead atoms. The van der Waals surface area contributed by atoms with Crippen LogP contribution in [0.5, 0.6) is 11.5 Å². The first-order valence-corrected chi connectivity index (χ1v) is 11.3. The van der Waals surface area contributed by atoms with Crippen molar-refractivity contribution in [2.75, 3.05) is 32.4 Å². The lowest BCUT2D eigenvalue weighted by Gasteiger charge is -2.21. The fraction of sp³-hybridized carbons (Fsp3) is 0.350. The van der Waals surface area contributed by atoms with Gasteiger partial charge in [0.05, 0.1) is 6.26 Å². The van der Waals surface area contributed by atoms with Gasteiger partial charge in [-0.1, -0.05) is 18.2 Å². The van der Waals surface area contributed by atoms with Crippen molar-refractivity contribution in [3.05, 3.63) is 59.7 Å². The molecule has 3 rings (SSSR count). The van der Waals surface area contributed by atoms with Crippen molar-refractivity contribution in [1.29, 1.82) is 0 Å². The number of para-hydroxylation sites is 1. The largest absolute Gasteiger partial charge is 0.451 e. The molecule has 0 radical (unpaired) electrons. The van der Waals surface area contributed by atoms with E-state index in [2.05, 4.69) is 5.32 Å². The summed E-state index contributed by atoms with van der Waals surface area (Å²) < 4.78 is 57.9. The normalized spacial score (nSPS) is 15.5. The number of ether oxygens (including phenoxy) is 1. The molecule has 1 N–H and O–H groups in total. The molecule has 0 aliphatic carbocycles. The van der Waals surface area contributed by atoms with Crippen molar-refractivity contribution in [3.8, 4) is 11.5 Å². The number of halogens is 2. The summed E-state index contributed by atoms with van der Waals surface area (Å²) in [6.45, 7) is 1.41. The van der Waals surface area contributed by atoms with E-state index in [9.17, 15) is 22.0 Å². The SMILES string of the molecule is CS(=O)(=O)N1CCCN(C(=O)NCc2ccc(Oc3ccccc3F)c(F)c2)CC1. The summed E-state index contributed by atoms with van der Waals surface area (Å²) in [6, 6.07) is 9.52. The van der Waals surface area contributed by atoms with Crippen LogP contribution in [0, 0.1) is 11.6 Å². The van der Waals surface area contributed by atoms with E-state index in [1.165, 1.54) is 39.5 Å². The van der Waals surface area contributed by atoms with Crippen molar-refractivity contribution in [2.24, 2.45) is 0 Å². The van der Waals surface area contributed by atoms with Crippen molar-refractivity contribution in [1.82, 2.24) is 14.5 Å². The van der Waals surface area contributed by atoms with Gasteiger partial charge in [-0.05, 0) is 36.2 Å². The molecule has 0 unspecified atom stereocenters. The van der Waals surface area contributed by atoms with Crippen LogP contribution in [-0.4, -0.2) is 56.1 Å². The predicted octanol–water partition coefficient (Wildman–Crippen LogP) is 2.93. The van der Waals surface area contributed by atoms with E-state index in [1.807, 2.05) is 0 Å². The van der Waals surface area contributed by atoms with Crippen molar-refractivity contribution < 1.29 is 26.7 Å². The lowest BCUT2D eigenvalue weighted by Crippen LogP contribution is -2.42. The maximum atomic E-state index is 14.3. The number of hydrogen-bond donors (Lipinski definition) is 1. The average Bonchev–Trinajstić information content (AvgIpc) is 2.96. The molecule has 10 heteroatoms. The highest BCUT2D eigenvalue weighted by molar-refractivity contribution is 7.88. The molecule has 0 atom stereocenters. The van der Waals surface area contributed by atoms with E-state index in [-0.39, 0.29) is 37.2 Å². The fourth-order valence-corrected chi connectivity index (χ4v) is 3.98. The summed E-state index contributed by atoms with van der Waals surface area (Å²) >= 11 is 0. The zero-order chi connectivity index (χ0) is 21.7. The van der Waals surface area contributed by atoms with Gasteiger partial charge in [0, 0.05) is 32.7 Å². The monoisotopic (exact) mass is 439 g/mol. The van der Waals surface area contributed by atoms with E-state index in [0.29, 0.717) is 25.1 Å². The minimum Gasteiger partial charge on any atom is -0.451 e. The number of nitrogens with one attached hydrogen (secondary N) is 1. The molecule has 1 saturated heterocycles. The Morgan fingerprint density at radius 1 is 1.03 bits per heavy atom. The minimum atomic E-state index is -3.29. The number of nitrogens with zero attached hydrogens (tertiary/aromatic N) is 2. The molecule has 2 aromatic carbocycles. The summed E-state index contributed by atoms with van der Waals surface area (Å²) in [5.41, 5.74) is 0.509. The number of hydrogen-bond acceptors (Lipinski definition) is 4. The third-order valence-electron chi connectivity index (χ3n) is 4.71. The first-order valence-electron chi connectivity index (χ1n) is 9.43. The van der Waals surface area contributed by atoms with Crippen LogP contribution in [0.25, 0.3) is 0 Å². The van der Waals surface area contributed by atoms with Crippen LogP contribution in [0.4, 0.5) is 13.6 Å². The number of sulfonamides is 1. The lowest BCUT2D eigenvalue weighted by atomic mass is 10.2. The number of carbonyl (C=O) groups excluding carboxylic acids is 1. The van der Waals surface area contributed by atoms with Gasteiger partial charge in [-0.15, -0.1) is 0 Å². The molecule has 1 aliphatic heterocycles. The molecule has 162 valence electrons. The van der Waals surface area contributed by atoms with Crippen molar-refractivity contribution in [3.63, 3.8) is 0 Å². The highest BCUT2D eigenvalue weighted by Gasteiger charge is 2.23. The van der Waals surface area contributed by atoms with Gasteiger partial charge in [-0.25, -0.2) is 26.3 Å². The maximum Gasteiger partial charge on any atom is 0.317 e. The van der Waals surface area contributed by atoms with Gasteiger partial charge in [-0.3, -0.25) is 0 Å². The Hall–Kier alpha value is -2.72. The standard InChI is InChI=1S/C20H23F2N3O4S/c1-30(27,28)25-10-4-9-24(11-12-25)20(26)23-14-15-7-8-19(17(22)13-15)29-18-6-3-2-5-16(18)21/h2-3,5-8,13H,4,9-12,14H2,1H3,(H,23,26). The van der Waals surface area contributed by atoms with E-state index in [0.717, 1.165) is 6.26 Å². The van der Waals surface area contributed by atoms with Crippen LogP contribution < -0.4 is 10.1 Å². The number of benzene rings is 2. The molecule has 2 aromatic rings. The second kappa shape index (κ2) is 9.40. The first kappa shape index (κ1) is 22.0. The Morgan fingerprint density at radius 2 is 1.77 bits per heavy atom. The van der Waals surface area contributed by atoms with Crippen LogP contribution in [0.1, 0.15) is 12.0 Å². The van der Waals surface area contributed by atoms with Crippen LogP contribution in [0.15, 0.2) is 42.5 Å². The Balaban J connectivity index is 1.56. The molecule has 0 aromatic heterocycles. The molecule has 0 saturated carbocycles. The fourth-order valence-electron chi connectivity index (χ4n) is 3.10. The zero-order valence-electron chi connectivity index (χ0n) is 16.5. The van der Waals surface area contributed by atoms with Crippen molar-refractivity contribution >= 4 is 16.1 Å². The first-order chi connectivity index (χ1) is 14.2. The Kier molecular flexibility index (Phi) is 6.88. The number of carbonyl (C=O) groups is 1. The Morgan fingerprint density at radius 3 is 2.47 bits per heavy atom. The summed E-state index contributed by atoms with van der Waals surface area (Å²) in [7, 11) is -3.29. The minimum absolute atomic E-state index is 0.0817. The maximum absolute atomic E-state index is 14.3. The second-order valence-corrected chi connectivity index (χ2v) is 8.94. The molecular weight excluding hydrogens is 416 g/mol. The van der Waals surface area contributed by atoms with E-state index in [1.54, 1.807) is 12.1 Å². The molecule has 7 nitrogen and oxygen atoms in total. The third kappa shape index (κ3) is 5.67. The number of rotatable bonds is 5. The van der Waals surface area contributed by atoms with Crippen LogP contribution in [0.3, 0.4) is 0 Å². The van der Waals surface area contributed by atoms with Gasteiger partial charge >= 0.3 is 6.03 Å². The quantitative estimate of drug-likeness (QED) is 0.777. The second-order valence-electron chi connectivity index (χ2n) is 6.96. The zero-order valence-corrected chi connectivity index (χ0v) is 17.3.